The second kappa shape index (κ2) is 5.41. The molecule has 1 aromatic carbocycles. The maximum Gasteiger partial charge on any atom is 0.214 e. The summed E-state index contributed by atoms with van der Waals surface area (Å²) in [4.78, 5) is 1.11. The number of hydrogen-bond donors (Lipinski definition) is 1. The Morgan fingerprint density at radius 3 is 2.83 bits per heavy atom. The lowest BCUT2D eigenvalue weighted by atomic mass is 10.1. The molecule has 2 rings (SSSR count). The second-order valence-corrected chi connectivity index (χ2v) is 8.43. The van der Waals surface area contributed by atoms with Crippen molar-refractivity contribution in [2.75, 3.05) is 5.75 Å². The minimum Gasteiger partial charge on any atom is -0.212 e. The third-order valence-corrected chi connectivity index (χ3v) is 6.15. The number of thioether (sulfide) groups is 1. The fourth-order valence-electron chi connectivity index (χ4n) is 1.82. The van der Waals surface area contributed by atoms with Crippen LogP contribution in [0.15, 0.2) is 23.1 Å². The molecule has 1 aliphatic rings. The van der Waals surface area contributed by atoms with Crippen molar-refractivity contribution >= 4 is 33.4 Å². The number of benzene rings is 1. The number of fused-ring (bicyclic) bond motifs is 1. The van der Waals surface area contributed by atoms with E-state index in [1.807, 2.05) is 18.2 Å². The van der Waals surface area contributed by atoms with Crippen LogP contribution < -0.4 is 4.72 Å². The summed E-state index contributed by atoms with van der Waals surface area (Å²) in [5.74, 6) is 0.917. The molecule has 1 aromatic rings. The van der Waals surface area contributed by atoms with Crippen LogP contribution in [-0.4, -0.2) is 19.4 Å². The lowest BCUT2D eigenvalue weighted by molar-refractivity contribution is 0.538. The molecule has 0 spiro atoms. The van der Waals surface area contributed by atoms with Crippen LogP contribution >= 0.6 is 23.4 Å². The number of hydrogen-bond acceptors (Lipinski definition) is 3. The van der Waals surface area contributed by atoms with E-state index in [0.717, 1.165) is 22.6 Å². The zero-order chi connectivity index (χ0) is 13.3. The van der Waals surface area contributed by atoms with Crippen molar-refractivity contribution in [1.82, 2.24) is 4.72 Å². The van der Waals surface area contributed by atoms with Gasteiger partial charge >= 0.3 is 0 Å². The number of nitrogens with one attached hydrogen (secondary N) is 1. The van der Waals surface area contributed by atoms with Gasteiger partial charge in [-0.2, -0.15) is 0 Å². The third-order valence-electron chi connectivity index (χ3n) is 2.94. The molecular formula is C12H16ClNO2S2. The number of sulfonamides is 1. The molecule has 0 radical (unpaired) electrons. The minimum atomic E-state index is -3.26. The van der Waals surface area contributed by atoms with Crippen molar-refractivity contribution in [3.05, 3.63) is 28.8 Å². The normalized spacial score (nSPS) is 19.9. The smallest absolute Gasteiger partial charge is 0.212 e. The van der Waals surface area contributed by atoms with E-state index in [0.29, 0.717) is 5.02 Å². The Morgan fingerprint density at radius 2 is 2.17 bits per heavy atom. The van der Waals surface area contributed by atoms with Crippen molar-refractivity contribution in [2.24, 2.45) is 0 Å². The lowest BCUT2D eigenvalue weighted by Crippen LogP contribution is -2.35. The molecule has 6 heteroatoms. The molecule has 0 saturated carbocycles. The standard InChI is InChI=1S/C12H16ClNO2S2/c1-8(2)18(15,16)14-11-5-6-17-12-4-3-9(13)7-10(11)12/h3-4,7-8,11,14H,5-6H2,1-2H3. The quantitative estimate of drug-likeness (QED) is 0.933. The predicted molar refractivity (Wildman–Crippen MR) is 76.7 cm³/mol. The molecule has 0 amide bonds. The second-order valence-electron chi connectivity index (χ2n) is 4.58. The first-order chi connectivity index (χ1) is 8.40. The largest absolute Gasteiger partial charge is 0.214 e. The van der Waals surface area contributed by atoms with E-state index in [4.69, 9.17) is 11.6 Å². The van der Waals surface area contributed by atoms with Gasteiger partial charge in [0.1, 0.15) is 0 Å². The fraction of sp³-hybridized carbons (Fsp3) is 0.500. The summed E-state index contributed by atoms with van der Waals surface area (Å²) in [6.45, 7) is 3.36. The van der Waals surface area contributed by atoms with Gasteiger partial charge < -0.3 is 0 Å². The summed E-state index contributed by atoms with van der Waals surface area (Å²) in [7, 11) is -3.26. The van der Waals surface area contributed by atoms with Gasteiger partial charge in [0.2, 0.25) is 10.0 Å². The van der Waals surface area contributed by atoms with Crippen molar-refractivity contribution < 1.29 is 8.42 Å². The third kappa shape index (κ3) is 3.02. The lowest BCUT2D eigenvalue weighted by Gasteiger charge is -2.26. The molecule has 0 fully saturated rings. The van der Waals surface area contributed by atoms with Crippen LogP contribution in [0.25, 0.3) is 0 Å². The Hall–Kier alpha value is -0.230. The van der Waals surface area contributed by atoms with Gasteiger partial charge in [-0.1, -0.05) is 11.6 Å². The van der Waals surface area contributed by atoms with Crippen LogP contribution in [0.1, 0.15) is 31.9 Å². The van der Waals surface area contributed by atoms with E-state index in [9.17, 15) is 8.42 Å². The van der Waals surface area contributed by atoms with Crippen molar-refractivity contribution in [1.29, 1.82) is 0 Å². The summed E-state index contributed by atoms with van der Waals surface area (Å²) >= 11 is 7.73. The number of rotatable bonds is 3. The first-order valence-corrected chi connectivity index (χ1v) is 8.74. The van der Waals surface area contributed by atoms with Gasteiger partial charge in [0.25, 0.3) is 0 Å². The maximum atomic E-state index is 11.9. The van der Waals surface area contributed by atoms with Gasteiger partial charge in [-0.05, 0) is 49.8 Å². The first kappa shape index (κ1) is 14.2. The predicted octanol–water partition coefficient (Wildman–Crippen LogP) is 3.20. The average molecular weight is 306 g/mol. The van der Waals surface area contributed by atoms with E-state index in [-0.39, 0.29) is 6.04 Å². The Balaban J connectivity index is 2.31. The Morgan fingerprint density at radius 1 is 1.44 bits per heavy atom. The molecular weight excluding hydrogens is 290 g/mol. The van der Waals surface area contributed by atoms with Crippen LogP contribution in [0.3, 0.4) is 0 Å². The topological polar surface area (TPSA) is 46.2 Å². The summed E-state index contributed by atoms with van der Waals surface area (Å²) < 4.78 is 26.7. The van der Waals surface area contributed by atoms with Gasteiger partial charge in [0.05, 0.1) is 5.25 Å². The highest BCUT2D eigenvalue weighted by atomic mass is 35.5. The van der Waals surface area contributed by atoms with Crippen molar-refractivity contribution in [3.8, 4) is 0 Å². The molecule has 3 nitrogen and oxygen atoms in total. The van der Waals surface area contributed by atoms with Gasteiger partial charge in [-0.3, -0.25) is 0 Å². The molecule has 100 valence electrons. The molecule has 1 unspecified atom stereocenters. The zero-order valence-electron chi connectivity index (χ0n) is 10.3. The first-order valence-electron chi connectivity index (χ1n) is 5.83. The van der Waals surface area contributed by atoms with Gasteiger partial charge in [-0.25, -0.2) is 13.1 Å². The summed E-state index contributed by atoms with van der Waals surface area (Å²) in [6, 6.07) is 5.49. The van der Waals surface area contributed by atoms with Crippen LogP contribution in [0.4, 0.5) is 0 Å². The summed E-state index contributed by atoms with van der Waals surface area (Å²) in [5, 5.41) is 0.222. The fourth-order valence-corrected chi connectivity index (χ4v) is 4.02. The highest BCUT2D eigenvalue weighted by molar-refractivity contribution is 7.99. The van der Waals surface area contributed by atoms with Gasteiger partial charge in [0.15, 0.2) is 0 Å². The molecule has 0 saturated heterocycles. The molecule has 1 heterocycles. The molecule has 0 aliphatic carbocycles. The van der Waals surface area contributed by atoms with Gasteiger partial charge in [-0.15, -0.1) is 11.8 Å². The molecule has 18 heavy (non-hydrogen) atoms. The monoisotopic (exact) mass is 305 g/mol. The van der Waals surface area contributed by atoms with E-state index < -0.39 is 15.3 Å². The summed E-state index contributed by atoms with van der Waals surface area (Å²) in [5.41, 5.74) is 0.989. The van der Waals surface area contributed by atoms with Crippen LogP contribution in [0, 0.1) is 0 Å². The van der Waals surface area contributed by atoms with Crippen LogP contribution in [0.2, 0.25) is 5.02 Å². The van der Waals surface area contributed by atoms with E-state index in [1.165, 1.54) is 0 Å². The zero-order valence-corrected chi connectivity index (χ0v) is 12.7. The summed E-state index contributed by atoms with van der Waals surface area (Å²) in [6.07, 6.45) is 0.796. The highest BCUT2D eigenvalue weighted by Crippen LogP contribution is 2.37. The van der Waals surface area contributed by atoms with Crippen LogP contribution in [0.5, 0.6) is 0 Å². The highest BCUT2D eigenvalue weighted by Gasteiger charge is 2.26. The number of halogens is 1. The Kier molecular flexibility index (Phi) is 4.26. The minimum absolute atomic E-state index is 0.160. The molecule has 1 atom stereocenters. The molecule has 0 bridgehead atoms. The van der Waals surface area contributed by atoms with Gasteiger partial charge in [0, 0.05) is 16.0 Å². The van der Waals surface area contributed by atoms with E-state index in [2.05, 4.69) is 4.72 Å². The molecule has 1 aliphatic heterocycles. The Labute approximate surface area is 117 Å². The molecule has 0 aromatic heterocycles. The van der Waals surface area contributed by atoms with Crippen LogP contribution in [-0.2, 0) is 10.0 Å². The molecule has 1 N–H and O–H groups in total. The SMILES string of the molecule is CC(C)S(=O)(=O)NC1CCSc2ccc(Cl)cc21. The maximum absolute atomic E-state index is 11.9. The van der Waals surface area contributed by atoms with E-state index >= 15 is 0 Å². The van der Waals surface area contributed by atoms with Crippen molar-refractivity contribution in [2.45, 2.75) is 36.5 Å². The van der Waals surface area contributed by atoms with E-state index in [1.54, 1.807) is 25.6 Å². The van der Waals surface area contributed by atoms with Crippen molar-refractivity contribution in [3.63, 3.8) is 0 Å². The Bertz CT molecular complexity index is 543. The average Bonchev–Trinajstić information content (AvgIpc) is 2.29.